The van der Waals surface area contributed by atoms with Crippen molar-refractivity contribution >= 4 is 5.97 Å². The van der Waals surface area contributed by atoms with Crippen LogP contribution in [-0.2, 0) is 4.79 Å². The molecule has 0 heterocycles. The number of hydrogen-bond donors (Lipinski definition) is 2. The molecule has 0 aliphatic rings. The van der Waals surface area contributed by atoms with Gasteiger partial charge in [-0.25, -0.2) is 4.39 Å². The van der Waals surface area contributed by atoms with E-state index in [1.165, 1.54) is 19.2 Å². The summed E-state index contributed by atoms with van der Waals surface area (Å²) >= 11 is 0. The van der Waals surface area contributed by atoms with Gasteiger partial charge in [0.25, 0.3) is 0 Å². The van der Waals surface area contributed by atoms with Gasteiger partial charge in [-0.15, -0.1) is 0 Å². The molecular weight excluding hydrogens is 237 g/mol. The number of hydrogen-bond acceptors (Lipinski definition) is 3. The van der Waals surface area contributed by atoms with E-state index in [-0.39, 0.29) is 24.1 Å². The molecule has 0 aliphatic carbocycles. The molecule has 0 radical (unpaired) electrons. The maximum absolute atomic E-state index is 13.5. The maximum atomic E-state index is 13.5. The van der Waals surface area contributed by atoms with Gasteiger partial charge in [0, 0.05) is 12.5 Å². The lowest BCUT2D eigenvalue weighted by Gasteiger charge is -2.16. The fraction of sp³-hybridized carbons (Fsp3) is 0.462. The lowest BCUT2D eigenvalue weighted by molar-refractivity contribution is -0.138. The van der Waals surface area contributed by atoms with Crippen molar-refractivity contribution in [2.24, 2.45) is 11.7 Å². The summed E-state index contributed by atoms with van der Waals surface area (Å²) in [6.07, 6.45) is 0.560. The van der Waals surface area contributed by atoms with E-state index in [1.54, 1.807) is 6.07 Å². The van der Waals surface area contributed by atoms with Crippen LogP contribution in [0.4, 0.5) is 4.39 Å². The molecule has 0 spiro atoms. The predicted molar refractivity (Wildman–Crippen MR) is 65.9 cm³/mol. The van der Waals surface area contributed by atoms with Gasteiger partial charge < -0.3 is 15.6 Å². The summed E-state index contributed by atoms with van der Waals surface area (Å²) in [5.41, 5.74) is 6.58. The first-order chi connectivity index (χ1) is 8.43. The molecule has 2 unspecified atom stereocenters. The molecule has 0 aromatic heterocycles. The first kappa shape index (κ1) is 14.4. The molecule has 3 N–H and O–H groups in total. The van der Waals surface area contributed by atoms with Crippen LogP contribution in [-0.4, -0.2) is 18.2 Å². The Labute approximate surface area is 106 Å². The summed E-state index contributed by atoms with van der Waals surface area (Å²) in [5, 5.41) is 8.66. The normalized spacial score (nSPS) is 14.0. The zero-order valence-corrected chi connectivity index (χ0v) is 10.5. The summed E-state index contributed by atoms with van der Waals surface area (Å²) in [5.74, 6) is -1.20. The Hall–Kier alpha value is -1.62. The highest BCUT2D eigenvalue weighted by molar-refractivity contribution is 5.66. The van der Waals surface area contributed by atoms with Crippen molar-refractivity contribution in [2.75, 3.05) is 7.11 Å². The lowest BCUT2D eigenvalue weighted by Crippen LogP contribution is -2.16. The number of ether oxygens (including phenoxy) is 1. The van der Waals surface area contributed by atoms with Crippen molar-refractivity contribution in [3.63, 3.8) is 0 Å². The largest absolute Gasteiger partial charge is 0.494 e. The van der Waals surface area contributed by atoms with E-state index in [2.05, 4.69) is 0 Å². The van der Waals surface area contributed by atoms with Crippen molar-refractivity contribution in [1.29, 1.82) is 0 Å². The van der Waals surface area contributed by atoms with Crippen molar-refractivity contribution in [3.8, 4) is 5.75 Å². The minimum atomic E-state index is -0.851. The van der Waals surface area contributed by atoms with Gasteiger partial charge in [-0.3, -0.25) is 4.79 Å². The van der Waals surface area contributed by atoms with Gasteiger partial charge in [-0.05, 0) is 30.0 Å². The van der Waals surface area contributed by atoms with E-state index >= 15 is 0 Å². The molecule has 4 nitrogen and oxygen atoms in total. The van der Waals surface area contributed by atoms with Crippen LogP contribution in [0.2, 0.25) is 0 Å². The van der Waals surface area contributed by atoms with Gasteiger partial charge >= 0.3 is 5.97 Å². The van der Waals surface area contributed by atoms with E-state index in [0.717, 1.165) is 0 Å². The number of rotatable bonds is 6. The number of aliphatic carboxylic acids is 1. The second kappa shape index (κ2) is 6.35. The second-order valence-corrected chi connectivity index (χ2v) is 4.44. The lowest BCUT2D eigenvalue weighted by atomic mass is 9.94. The number of carboxylic acid groups (broad SMARTS) is 1. The monoisotopic (exact) mass is 255 g/mol. The highest BCUT2D eigenvalue weighted by atomic mass is 19.1. The highest BCUT2D eigenvalue weighted by Gasteiger charge is 2.15. The summed E-state index contributed by atoms with van der Waals surface area (Å²) in [7, 11) is 1.40. The van der Waals surface area contributed by atoms with Crippen LogP contribution in [0.3, 0.4) is 0 Å². The van der Waals surface area contributed by atoms with Gasteiger partial charge in [0.15, 0.2) is 11.6 Å². The summed E-state index contributed by atoms with van der Waals surface area (Å²) < 4.78 is 18.3. The van der Waals surface area contributed by atoms with E-state index in [0.29, 0.717) is 12.0 Å². The number of methoxy groups -OCH3 is 1. The number of carboxylic acids is 1. The van der Waals surface area contributed by atoms with Gasteiger partial charge in [-0.2, -0.15) is 0 Å². The molecule has 2 atom stereocenters. The SMILES string of the molecule is COc1ccc(C(N)CC(C)CC(=O)O)cc1F. The van der Waals surface area contributed by atoms with Crippen LogP contribution in [0.25, 0.3) is 0 Å². The first-order valence-corrected chi connectivity index (χ1v) is 5.74. The zero-order valence-electron chi connectivity index (χ0n) is 10.5. The molecule has 0 amide bonds. The fourth-order valence-corrected chi connectivity index (χ4v) is 1.86. The second-order valence-electron chi connectivity index (χ2n) is 4.44. The number of halogens is 1. The Morgan fingerprint density at radius 3 is 2.72 bits per heavy atom. The molecule has 0 fully saturated rings. The molecular formula is C13H18FNO3. The summed E-state index contributed by atoms with van der Waals surface area (Å²) in [6.45, 7) is 1.81. The van der Waals surface area contributed by atoms with Gasteiger partial charge in [0.05, 0.1) is 7.11 Å². The standard InChI is InChI=1S/C13H18FNO3/c1-8(6-13(16)17)5-11(15)9-3-4-12(18-2)10(14)7-9/h3-4,7-8,11H,5-6,15H2,1-2H3,(H,16,17). The molecule has 0 saturated carbocycles. The van der Waals surface area contributed by atoms with Gasteiger partial charge in [-0.1, -0.05) is 13.0 Å². The third-order valence-corrected chi connectivity index (χ3v) is 2.78. The Morgan fingerprint density at radius 1 is 1.56 bits per heavy atom. The molecule has 1 rings (SSSR count). The molecule has 100 valence electrons. The minimum absolute atomic E-state index is 0.0531. The van der Waals surface area contributed by atoms with Gasteiger partial charge in [0.1, 0.15) is 0 Å². The van der Waals surface area contributed by atoms with Crippen LogP contribution >= 0.6 is 0 Å². The Bertz CT molecular complexity index is 423. The van der Waals surface area contributed by atoms with E-state index in [4.69, 9.17) is 15.6 Å². The minimum Gasteiger partial charge on any atom is -0.494 e. The first-order valence-electron chi connectivity index (χ1n) is 5.74. The Morgan fingerprint density at radius 2 is 2.22 bits per heavy atom. The van der Waals surface area contributed by atoms with Crippen LogP contribution in [0.15, 0.2) is 18.2 Å². The van der Waals surface area contributed by atoms with Crippen LogP contribution in [0.1, 0.15) is 31.4 Å². The van der Waals surface area contributed by atoms with Crippen molar-refractivity contribution < 1.29 is 19.0 Å². The quantitative estimate of drug-likeness (QED) is 0.818. The van der Waals surface area contributed by atoms with Crippen molar-refractivity contribution in [1.82, 2.24) is 0 Å². The van der Waals surface area contributed by atoms with E-state index in [1.807, 2.05) is 6.92 Å². The van der Waals surface area contributed by atoms with Crippen LogP contribution in [0, 0.1) is 11.7 Å². The van der Waals surface area contributed by atoms with Gasteiger partial charge in [0.2, 0.25) is 0 Å². The summed E-state index contributed by atoms with van der Waals surface area (Å²) in [6, 6.07) is 4.17. The zero-order chi connectivity index (χ0) is 13.7. The highest BCUT2D eigenvalue weighted by Crippen LogP contribution is 2.25. The smallest absolute Gasteiger partial charge is 0.303 e. The molecule has 0 aliphatic heterocycles. The molecule has 1 aromatic carbocycles. The summed E-state index contributed by atoms with van der Waals surface area (Å²) in [4.78, 5) is 10.5. The van der Waals surface area contributed by atoms with Crippen LogP contribution < -0.4 is 10.5 Å². The molecule has 18 heavy (non-hydrogen) atoms. The maximum Gasteiger partial charge on any atom is 0.303 e. The number of nitrogens with two attached hydrogens (primary N) is 1. The number of carbonyl (C=O) groups is 1. The molecule has 1 aromatic rings. The molecule has 0 saturated heterocycles. The third-order valence-electron chi connectivity index (χ3n) is 2.78. The average molecular weight is 255 g/mol. The topological polar surface area (TPSA) is 72.5 Å². The van der Waals surface area contributed by atoms with E-state index < -0.39 is 11.8 Å². The van der Waals surface area contributed by atoms with Crippen LogP contribution in [0.5, 0.6) is 5.75 Å². The average Bonchev–Trinajstić information content (AvgIpc) is 2.27. The third kappa shape index (κ3) is 4.00. The Balaban J connectivity index is 2.69. The van der Waals surface area contributed by atoms with Crippen molar-refractivity contribution in [2.45, 2.75) is 25.8 Å². The number of benzene rings is 1. The van der Waals surface area contributed by atoms with Crippen molar-refractivity contribution in [3.05, 3.63) is 29.6 Å². The fourth-order valence-electron chi connectivity index (χ4n) is 1.86. The predicted octanol–water partition coefficient (Wildman–Crippen LogP) is 2.33. The van der Waals surface area contributed by atoms with E-state index in [9.17, 15) is 9.18 Å². The molecule has 0 bridgehead atoms. The Kier molecular flexibility index (Phi) is 5.09. The molecule has 5 heteroatoms.